The number of rotatable bonds is 4. The Morgan fingerprint density at radius 2 is 1.88 bits per heavy atom. The molecule has 4 rings (SSSR count). The third-order valence-electron chi connectivity index (χ3n) is 3.67. The van der Waals surface area contributed by atoms with E-state index in [0.717, 1.165) is 0 Å². The van der Waals surface area contributed by atoms with Gasteiger partial charge in [0.2, 0.25) is 5.82 Å². The lowest BCUT2D eigenvalue weighted by atomic mass is 10.1. The van der Waals surface area contributed by atoms with Crippen LogP contribution in [0.1, 0.15) is 0 Å². The van der Waals surface area contributed by atoms with Crippen molar-refractivity contribution in [2.45, 2.75) is 0 Å². The second-order valence-corrected chi connectivity index (χ2v) is 5.32. The number of para-hydroxylation sites is 1. The molecule has 26 heavy (non-hydrogen) atoms. The number of benzene rings is 1. The van der Waals surface area contributed by atoms with Gasteiger partial charge in [-0.1, -0.05) is 18.2 Å². The van der Waals surface area contributed by atoms with Crippen molar-refractivity contribution in [2.24, 2.45) is 0 Å². The fourth-order valence-electron chi connectivity index (χ4n) is 2.48. The third kappa shape index (κ3) is 2.88. The zero-order valence-electron chi connectivity index (χ0n) is 13.3. The van der Waals surface area contributed by atoms with Crippen molar-refractivity contribution in [3.63, 3.8) is 0 Å². The van der Waals surface area contributed by atoms with Crippen LogP contribution in [0.2, 0.25) is 0 Å². The Hall–Kier alpha value is -4.01. The lowest BCUT2D eigenvalue weighted by Gasteiger charge is -2.04. The zero-order valence-corrected chi connectivity index (χ0v) is 13.3. The van der Waals surface area contributed by atoms with Gasteiger partial charge in [0, 0.05) is 24.0 Å². The highest BCUT2D eigenvalue weighted by Crippen LogP contribution is 2.29. The van der Waals surface area contributed by atoms with Crippen molar-refractivity contribution in [3.05, 3.63) is 77.2 Å². The molecule has 0 radical (unpaired) electrons. The molecule has 0 N–H and O–H groups in total. The summed E-state index contributed by atoms with van der Waals surface area (Å²) >= 11 is 0. The SMILES string of the molecule is O=[N+]([O-])c1ccccc1-c1cncc(-n2nnc(-c3ccccn3)n2)c1. The number of aromatic nitrogens is 6. The number of hydrogen-bond acceptors (Lipinski definition) is 7. The molecule has 3 heterocycles. The molecule has 9 heteroatoms. The molecule has 0 unspecified atom stereocenters. The molecule has 4 aromatic rings. The Morgan fingerprint density at radius 1 is 1.04 bits per heavy atom. The maximum absolute atomic E-state index is 11.2. The summed E-state index contributed by atoms with van der Waals surface area (Å²) in [5.41, 5.74) is 2.20. The van der Waals surface area contributed by atoms with Crippen LogP contribution in [0.4, 0.5) is 5.69 Å². The minimum atomic E-state index is -0.422. The first-order valence-corrected chi connectivity index (χ1v) is 7.63. The molecule has 9 nitrogen and oxygen atoms in total. The van der Waals surface area contributed by atoms with Crippen molar-refractivity contribution in [1.29, 1.82) is 0 Å². The van der Waals surface area contributed by atoms with E-state index in [4.69, 9.17) is 0 Å². The van der Waals surface area contributed by atoms with E-state index in [1.807, 2.05) is 6.07 Å². The Balaban J connectivity index is 1.74. The molecule has 0 saturated heterocycles. The Bertz CT molecular complexity index is 1080. The topological polar surface area (TPSA) is 113 Å². The van der Waals surface area contributed by atoms with Gasteiger partial charge in [-0.05, 0) is 29.5 Å². The van der Waals surface area contributed by atoms with Gasteiger partial charge in [0.05, 0.1) is 16.7 Å². The van der Waals surface area contributed by atoms with Gasteiger partial charge in [-0.25, -0.2) is 0 Å². The van der Waals surface area contributed by atoms with Gasteiger partial charge in [0.25, 0.3) is 5.69 Å². The molecule has 0 bridgehead atoms. The van der Waals surface area contributed by atoms with Gasteiger partial charge < -0.3 is 0 Å². The van der Waals surface area contributed by atoms with E-state index in [-0.39, 0.29) is 5.69 Å². The summed E-state index contributed by atoms with van der Waals surface area (Å²) in [6.45, 7) is 0. The van der Waals surface area contributed by atoms with Crippen molar-refractivity contribution in [2.75, 3.05) is 0 Å². The van der Waals surface area contributed by atoms with E-state index >= 15 is 0 Å². The second kappa shape index (κ2) is 6.48. The summed E-state index contributed by atoms with van der Waals surface area (Å²) in [4.78, 5) is 20.5. The van der Waals surface area contributed by atoms with Crippen molar-refractivity contribution in [3.8, 4) is 28.3 Å². The highest BCUT2D eigenvalue weighted by molar-refractivity contribution is 5.73. The maximum atomic E-state index is 11.2. The summed E-state index contributed by atoms with van der Waals surface area (Å²) in [6.07, 6.45) is 4.76. The molecule has 0 spiro atoms. The number of nitro groups is 1. The van der Waals surface area contributed by atoms with E-state index < -0.39 is 4.92 Å². The summed E-state index contributed by atoms with van der Waals surface area (Å²) < 4.78 is 0. The average Bonchev–Trinajstić information content (AvgIpc) is 3.19. The molecule has 3 aromatic heterocycles. The first-order valence-electron chi connectivity index (χ1n) is 7.63. The van der Waals surface area contributed by atoms with E-state index in [2.05, 4.69) is 25.4 Å². The van der Waals surface area contributed by atoms with Gasteiger partial charge in [0.1, 0.15) is 11.4 Å². The van der Waals surface area contributed by atoms with Crippen LogP contribution in [0, 0.1) is 10.1 Å². The molecular formula is C17H11N7O2. The largest absolute Gasteiger partial charge is 0.277 e. The normalized spacial score (nSPS) is 10.6. The lowest BCUT2D eigenvalue weighted by Crippen LogP contribution is -2.01. The molecule has 0 fully saturated rings. The fraction of sp³-hybridized carbons (Fsp3) is 0. The Labute approximate surface area is 147 Å². The predicted molar refractivity (Wildman–Crippen MR) is 92.3 cm³/mol. The molecule has 126 valence electrons. The minimum Gasteiger partial charge on any atom is -0.262 e. The first kappa shape index (κ1) is 15.5. The summed E-state index contributed by atoms with van der Waals surface area (Å²) in [5.74, 6) is 0.377. The van der Waals surface area contributed by atoms with Crippen LogP contribution in [-0.2, 0) is 0 Å². The zero-order chi connectivity index (χ0) is 17.9. The predicted octanol–water partition coefficient (Wildman–Crippen LogP) is 2.69. The summed E-state index contributed by atoms with van der Waals surface area (Å²) in [5, 5.41) is 23.6. The average molecular weight is 345 g/mol. The van der Waals surface area contributed by atoms with Gasteiger partial charge in [0.15, 0.2) is 0 Å². The molecule has 0 aliphatic rings. The monoisotopic (exact) mass is 345 g/mol. The molecule has 0 saturated carbocycles. The third-order valence-corrected chi connectivity index (χ3v) is 3.67. The van der Waals surface area contributed by atoms with Crippen LogP contribution in [0.3, 0.4) is 0 Å². The van der Waals surface area contributed by atoms with Crippen LogP contribution in [-0.4, -0.2) is 35.1 Å². The Morgan fingerprint density at radius 3 is 2.69 bits per heavy atom. The van der Waals surface area contributed by atoms with Crippen LogP contribution in [0.5, 0.6) is 0 Å². The van der Waals surface area contributed by atoms with E-state index in [1.54, 1.807) is 55.0 Å². The summed E-state index contributed by atoms with van der Waals surface area (Å²) in [7, 11) is 0. The van der Waals surface area contributed by atoms with E-state index in [0.29, 0.717) is 28.3 Å². The van der Waals surface area contributed by atoms with Crippen LogP contribution < -0.4 is 0 Å². The quantitative estimate of drug-likeness (QED) is 0.413. The highest BCUT2D eigenvalue weighted by Gasteiger charge is 2.16. The number of nitro benzene ring substituents is 1. The summed E-state index contributed by atoms with van der Waals surface area (Å²) in [6, 6.07) is 13.6. The number of tetrazole rings is 1. The van der Waals surface area contributed by atoms with Gasteiger partial charge in [-0.3, -0.25) is 20.1 Å². The number of nitrogens with zero attached hydrogens (tertiary/aromatic N) is 7. The smallest absolute Gasteiger partial charge is 0.262 e. The molecule has 0 atom stereocenters. The van der Waals surface area contributed by atoms with E-state index in [1.165, 1.54) is 10.9 Å². The van der Waals surface area contributed by atoms with Gasteiger partial charge >= 0.3 is 0 Å². The van der Waals surface area contributed by atoms with Gasteiger partial charge in [-0.2, -0.15) is 0 Å². The lowest BCUT2D eigenvalue weighted by molar-refractivity contribution is -0.384. The number of pyridine rings is 2. The fourth-order valence-corrected chi connectivity index (χ4v) is 2.48. The van der Waals surface area contributed by atoms with Crippen LogP contribution >= 0.6 is 0 Å². The van der Waals surface area contributed by atoms with E-state index in [9.17, 15) is 10.1 Å². The van der Waals surface area contributed by atoms with Gasteiger partial charge in [-0.15, -0.1) is 15.0 Å². The Kier molecular flexibility index (Phi) is 3.86. The van der Waals surface area contributed by atoms with Crippen molar-refractivity contribution < 1.29 is 4.92 Å². The molecular weight excluding hydrogens is 334 g/mol. The molecule has 1 aromatic carbocycles. The second-order valence-electron chi connectivity index (χ2n) is 5.32. The van der Waals surface area contributed by atoms with Crippen LogP contribution in [0.15, 0.2) is 67.1 Å². The molecule has 0 aliphatic carbocycles. The standard InChI is InChI=1S/C17H11N7O2/c25-24(26)16-7-2-1-5-14(16)12-9-13(11-18-10-12)23-21-17(20-22-23)15-6-3-4-8-19-15/h1-11H. The molecule has 0 amide bonds. The van der Waals surface area contributed by atoms with Crippen LogP contribution in [0.25, 0.3) is 28.3 Å². The maximum Gasteiger partial charge on any atom is 0.277 e. The highest BCUT2D eigenvalue weighted by atomic mass is 16.6. The van der Waals surface area contributed by atoms with Crippen molar-refractivity contribution >= 4 is 5.69 Å². The first-order chi connectivity index (χ1) is 12.7. The minimum absolute atomic E-state index is 0.00664. The molecule has 0 aliphatic heterocycles. The number of hydrogen-bond donors (Lipinski definition) is 0. The van der Waals surface area contributed by atoms with Crippen molar-refractivity contribution in [1.82, 2.24) is 30.2 Å².